The van der Waals surface area contributed by atoms with E-state index < -0.39 is 10.0 Å². The minimum absolute atomic E-state index is 0.149. The summed E-state index contributed by atoms with van der Waals surface area (Å²) in [7, 11) is -1.67. The van der Waals surface area contributed by atoms with Gasteiger partial charge in [0.2, 0.25) is 10.0 Å². The van der Waals surface area contributed by atoms with Gasteiger partial charge in [0.15, 0.2) is 0 Å². The summed E-state index contributed by atoms with van der Waals surface area (Å²) in [5, 5.41) is 0. The van der Waals surface area contributed by atoms with Crippen molar-refractivity contribution in [3.8, 4) is 0 Å². The lowest BCUT2D eigenvalue weighted by atomic mass is 10.4. The van der Waals surface area contributed by atoms with Gasteiger partial charge in [-0.25, -0.2) is 8.42 Å². The summed E-state index contributed by atoms with van der Waals surface area (Å²) in [6.45, 7) is 1.84. The maximum absolute atomic E-state index is 11.7. The quantitative estimate of drug-likeness (QED) is 0.853. The molecule has 0 N–H and O–H groups in total. The van der Waals surface area contributed by atoms with Crippen LogP contribution in [0, 0.1) is 0 Å². The topological polar surface area (TPSA) is 50.3 Å². The average molecular weight is 293 g/mol. The molecule has 4 nitrogen and oxygen atoms in total. The van der Waals surface area contributed by atoms with E-state index in [2.05, 4.69) is 20.9 Å². The molecule has 1 aromatic heterocycles. The van der Waals surface area contributed by atoms with Gasteiger partial charge in [-0.1, -0.05) is 6.92 Å². The molecular formula is C9H13BrN2O2S. The molecular weight excluding hydrogens is 280 g/mol. The lowest BCUT2D eigenvalue weighted by molar-refractivity contribution is 0.593. The molecule has 0 saturated heterocycles. The highest BCUT2D eigenvalue weighted by molar-refractivity contribution is 9.10. The zero-order valence-corrected chi connectivity index (χ0v) is 11.0. The van der Waals surface area contributed by atoms with Crippen molar-refractivity contribution in [1.29, 1.82) is 0 Å². The minimum Gasteiger partial charge on any atom is -0.272 e. The molecule has 1 heterocycles. The SMILES string of the molecule is CCCS(=O)(=O)N(C)c1cncc(Br)c1. The van der Waals surface area contributed by atoms with Crippen molar-refractivity contribution in [3.63, 3.8) is 0 Å². The third-order valence-corrected chi connectivity index (χ3v) is 4.34. The van der Waals surface area contributed by atoms with Crippen LogP contribution in [0.1, 0.15) is 13.3 Å². The van der Waals surface area contributed by atoms with Crippen LogP contribution in [-0.4, -0.2) is 26.2 Å². The number of hydrogen-bond donors (Lipinski definition) is 0. The van der Waals surface area contributed by atoms with Crippen molar-refractivity contribution in [2.75, 3.05) is 17.1 Å². The van der Waals surface area contributed by atoms with Gasteiger partial charge in [0, 0.05) is 17.7 Å². The third kappa shape index (κ3) is 3.17. The van der Waals surface area contributed by atoms with E-state index in [1.807, 2.05) is 6.92 Å². The summed E-state index contributed by atoms with van der Waals surface area (Å²) < 4.78 is 25.5. The van der Waals surface area contributed by atoms with Gasteiger partial charge in [-0.2, -0.15) is 0 Å². The molecule has 84 valence electrons. The van der Waals surface area contributed by atoms with E-state index in [1.54, 1.807) is 12.3 Å². The van der Waals surface area contributed by atoms with E-state index in [-0.39, 0.29) is 5.75 Å². The smallest absolute Gasteiger partial charge is 0.234 e. The molecule has 0 spiro atoms. The van der Waals surface area contributed by atoms with Crippen molar-refractivity contribution >= 4 is 31.6 Å². The van der Waals surface area contributed by atoms with Gasteiger partial charge < -0.3 is 0 Å². The molecule has 0 atom stereocenters. The fourth-order valence-corrected chi connectivity index (χ4v) is 2.69. The van der Waals surface area contributed by atoms with Gasteiger partial charge >= 0.3 is 0 Å². The van der Waals surface area contributed by atoms with Gasteiger partial charge in [0.1, 0.15) is 0 Å². The first-order valence-electron chi connectivity index (χ1n) is 4.54. The predicted octanol–water partition coefficient (Wildman–Crippen LogP) is 2.02. The lowest BCUT2D eigenvalue weighted by Crippen LogP contribution is -2.28. The van der Waals surface area contributed by atoms with Gasteiger partial charge in [0.05, 0.1) is 17.6 Å². The zero-order chi connectivity index (χ0) is 11.5. The Morgan fingerprint density at radius 1 is 1.47 bits per heavy atom. The number of anilines is 1. The van der Waals surface area contributed by atoms with E-state index in [9.17, 15) is 8.42 Å². The maximum atomic E-state index is 11.7. The van der Waals surface area contributed by atoms with Crippen molar-refractivity contribution in [3.05, 3.63) is 22.9 Å². The molecule has 1 aromatic rings. The van der Waals surface area contributed by atoms with Crippen LogP contribution in [0.3, 0.4) is 0 Å². The second kappa shape index (κ2) is 4.94. The van der Waals surface area contributed by atoms with E-state index in [4.69, 9.17) is 0 Å². The monoisotopic (exact) mass is 292 g/mol. The Kier molecular flexibility index (Phi) is 4.10. The van der Waals surface area contributed by atoms with Crippen molar-refractivity contribution in [2.24, 2.45) is 0 Å². The van der Waals surface area contributed by atoms with E-state index >= 15 is 0 Å². The molecule has 1 rings (SSSR count). The van der Waals surface area contributed by atoms with Crippen LogP contribution in [0.25, 0.3) is 0 Å². The first-order valence-corrected chi connectivity index (χ1v) is 6.94. The lowest BCUT2D eigenvalue weighted by Gasteiger charge is -2.18. The summed E-state index contributed by atoms with van der Waals surface area (Å²) in [4.78, 5) is 3.93. The molecule has 15 heavy (non-hydrogen) atoms. The number of halogens is 1. The number of nitrogens with zero attached hydrogens (tertiary/aromatic N) is 2. The molecule has 0 aliphatic heterocycles. The first kappa shape index (κ1) is 12.4. The predicted molar refractivity (Wildman–Crippen MR) is 64.4 cm³/mol. The van der Waals surface area contributed by atoms with Crippen LogP contribution in [0.5, 0.6) is 0 Å². The van der Waals surface area contributed by atoms with Gasteiger partial charge in [0.25, 0.3) is 0 Å². The van der Waals surface area contributed by atoms with Crippen LogP contribution in [0.15, 0.2) is 22.9 Å². The summed E-state index contributed by atoms with van der Waals surface area (Å²) in [5.74, 6) is 0.149. The average Bonchev–Trinajstić information content (AvgIpc) is 2.16. The number of pyridine rings is 1. The van der Waals surface area contributed by atoms with Crippen molar-refractivity contribution < 1.29 is 8.42 Å². The molecule has 0 radical (unpaired) electrons. The molecule has 0 aromatic carbocycles. The van der Waals surface area contributed by atoms with Gasteiger partial charge in [-0.15, -0.1) is 0 Å². The second-order valence-electron chi connectivity index (χ2n) is 3.14. The molecule has 6 heteroatoms. The number of hydrogen-bond acceptors (Lipinski definition) is 3. The Hall–Kier alpha value is -0.620. The van der Waals surface area contributed by atoms with Crippen molar-refractivity contribution in [1.82, 2.24) is 4.98 Å². The minimum atomic E-state index is -3.21. The molecule has 0 amide bonds. The van der Waals surface area contributed by atoms with Crippen LogP contribution in [0.2, 0.25) is 0 Å². The van der Waals surface area contributed by atoms with Crippen LogP contribution >= 0.6 is 15.9 Å². The van der Waals surface area contributed by atoms with E-state index in [0.29, 0.717) is 12.1 Å². The Morgan fingerprint density at radius 2 is 2.13 bits per heavy atom. The number of sulfonamides is 1. The fraction of sp³-hybridized carbons (Fsp3) is 0.444. The summed E-state index contributed by atoms with van der Waals surface area (Å²) in [6.07, 6.45) is 3.75. The first-order chi connectivity index (χ1) is 6.97. The third-order valence-electron chi connectivity index (χ3n) is 1.93. The molecule has 0 fully saturated rings. The summed E-state index contributed by atoms with van der Waals surface area (Å²) >= 11 is 3.25. The number of rotatable bonds is 4. The summed E-state index contributed by atoms with van der Waals surface area (Å²) in [6, 6.07) is 1.72. The summed E-state index contributed by atoms with van der Waals surface area (Å²) in [5.41, 5.74) is 0.567. The highest BCUT2D eigenvalue weighted by Gasteiger charge is 2.17. The van der Waals surface area contributed by atoms with Gasteiger partial charge in [-0.3, -0.25) is 9.29 Å². The standard InChI is InChI=1S/C9H13BrN2O2S/c1-3-4-15(13,14)12(2)9-5-8(10)6-11-7-9/h5-7H,3-4H2,1-2H3. The fourth-order valence-electron chi connectivity index (χ4n) is 1.13. The Morgan fingerprint density at radius 3 is 2.67 bits per heavy atom. The molecule has 0 saturated carbocycles. The molecule has 0 unspecified atom stereocenters. The normalized spacial score (nSPS) is 11.4. The van der Waals surface area contributed by atoms with Crippen LogP contribution in [0.4, 0.5) is 5.69 Å². The largest absolute Gasteiger partial charge is 0.272 e. The second-order valence-corrected chi connectivity index (χ2v) is 6.18. The Balaban J connectivity index is 2.99. The Bertz CT molecular complexity index is 433. The molecule has 0 aliphatic carbocycles. The van der Waals surface area contributed by atoms with E-state index in [0.717, 1.165) is 4.47 Å². The molecule has 0 aliphatic rings. The Labute approximate surface area is 98.5 Å². The zero-order valence-electron chi connectivity index (χ0n) is 8.64. The van der Waals surface area contributed by atoms with E-state index in [1.165, 1.54) is 17.5 Å². The highest BCUT2D eigenvalue weighted by Crippen LogP contribution is 2.19. The van der Waals surface area contributed by atoms with Crippen molar-refractivity contribution in [2.45, 2.75) is 13.3 Å². The van der Waals surface area contributed by atoms with Crippen LogP contribution in [-0.2, 0) is 10.0 Å². The highest BCUT2D eigenvalue weighted by atomic mass is 79.9. The number of aromatic nitrogens is 1. The maximum Gasteiger partial charge on any atom is 0.234 e. The van der Waals surface area contributed by atoms with Gasteiger partial charge in [-0.05, 0) is 28.4 Å². The van der Waals surface area contributed by atoms with Crippen LogP contribution < -0.4 is 4.31 Å². The molecule has 0 bridgehead atoms.